The summed E-state index contributed by atoms with van der Waals surface area (Å²) in [4.78, 5) is 0. The molecule has 2 fully saturated rings. The van der Waals surface area contributed by atoms with Gasteiger partial charge in [0.2, 0.25) is 10.0 Å². The second-order valence-corrected chi connectivity index (χ2v) is 9.13. The molecule has 1 unspecified atom stereocenters. The van der Waals surface area contributed by atoms with Gasteiger partial charge in [0.05, 0.1) is 0 Å². The van der Waals surface area contributed by atoms with Crippen LogP contribution in [-0.4, -0.2) is 42.6 Å². The third-order valence-electron chi connectivity index (χ3n) is 3.92. The fourth-order valence-corrected chi connectivity index (χ4v) is 5.07. The molecule has 0 amide bonds. The zero-order valence-electron chi connectivity index (χ0n) is 10.8. The summed E-state index contributed by atoms with van der Waals surface area (Å²) in [6.45, 7) is 1.89. The third kappa shape index (κ3) is 3.68. The number of sulfonamides is 1. The van der Waals surface area contributed by atoms with Crippen molar-refractivity contribution in [1.82, 2.24) is 9.62 Å². The van der Waals surface area contributed by atoms with Crippen LogP contribution in [-0.2, 0) is 10.0 Å². The minimum Gasteiger partial charge on any atom is -0.312 e. The quantitative estimate of drug-likeness (QED) is 0.780. The summed E-state index contributed by atoms with van der Waals surface area (Å²) in [5.74, 6) is 0. The van der Waals surface area contributed by atoms with Gasteiger partial charge in [0.25, 0.3) is 0 Å². The van der Waals surface area contributed by atoms with Crippen LogP contribution >= 0.6 is 15.9 Å². The van der Waals surface area contributed by atoms with Crippen molar-refractivity contribution in [2.24, 2.45) is 0 Å². The predicted octanol–water partition coefficient (Wildman–Crippen LogP) is 2.06. The normalized spacial score (nSPS) is 25.4. The Labute approximate surface area is 119 Å². The molecule has 1 aliphatic heterocycles. The van der Waals surface area contributed by atoms with Crippen LogP contribution in [0.5, 0.6) is 0 Å². The molecular formula is C12H23BrN2O2S. The van der Waals surface area contributed by atoms with Crippen molar-refractivity contribution in [3.8, 4) is 0 Å². The Bertz CT molecular complexity index is 349. The van der Waals surface area contributed by atoms with Crippen molar-refractivity contribution < 1.29 is 8.42 Å². The van der Waals surface area contributed by atoms with Crippen molar-refractivity contribution in [2.45, 2.75) is 55.1 Å². The van der Waals surface area contributed by atoms with Crippen molar-refractivity contribution in [3.05, 3.63) is 0 Å². The number of nitrogens with zero attached hydrogens (tertiary/aromatic N) is 1. The smallest absolute Gasteiger partial charge is 0.228 e. The molecule has 0 aromatic rings. The molecule has 4 nitrogen and oxygen atoms in total. The lowest BCUT2D eigenvalue weighted by atomic mass is 9.96. The van der Waals surface area contributed by atoms with E-state index in [0.29, 0.717) is 25.7 Å². The molecule has 0 bridgehead atoms. The molecule has 0 spiro atoms. The fraction of sp³-hybridized carbons (Fsp3) is 1.00. The van der Waals surface area contributed by atoms with Gasteiger partial charge < -0.3 is 5.32 Å². The third-order valence-corrected chi connectivity index (χ3v) is 7.56. The highest BCUT2D eigenvalue weighted by molar-refractivity contribution is 9.11. The number of halogens is 1. The molecule has 1 heterocycles. The first kappa shape index (κ1) is 14.8. The largest absolute Gasteiger partial charge is 0.312 e. The van der Waals surface area contributed by atoms with Gasteiger partial charge in [-0.25, -0.2) is 12.7 Å². The van der Waals surface area contributed by atoms with Crippen molar-refractivity contribution >= 4 is 26.0 Å². The minimum absolute atomic E-state index is 0.481. The van der Waals surface area contributed by atoms with E-state index < -0.39 is 14.2 Å². The average molecular weight is 339 g/mol. The summed E-state index contributed by atoms with van der Waals surface area (Å²) >= 11 is 3.34. The monoisotopic (exact) mass is 338 g/mol. The molecule has 6 heteroatoms. The van der Waals surface area contributed by atoms with Crippen LogP contribution in [0.1, 0.15) is 44.9 Å². The van der Waals surface area contributed by atoms with E-state index in [-0.39, 0.29) is 0 Å². The second-order valence-electron chi connectivity index (χ2n) is 5.30. The van der Waals surface area contributed by atoms with Gasteiger partial charge in [-0.3, -0.25) is 0 Å². The predicted molar refractivity (Wildman–Crippen MR) is 77.3 cm³/mol. The van der Waals surface area contributed by atoms with Gasteiger partial charge in [-0.2, -0.15) is 0 Å². The Morgan fingerprint density at radius 1 is 1.11 bits per heavy atom. The lowest BCUT2D eigenvalue weighted by Crippen LogP contribution is -2.42. The summed E-state index contributed by atoms with van der Waals surface area (Å²) in [7, 11) is -3.15. The topological polar surface area (TPSA) is 49.4 Å². The van der Waals surface area contributed by atoms with Crippen molar-refractivity contribution in [2.75, 3.05) is 19.6 Å². The van der Waals surface area contributed by atoms with Crippen LogP contribution in [0.25, 0.3) is 0 Å². The molecule has 1 saturated heterocycles. The van der Waals surface area contributed by atoms with E-state index in [9.17, 15) is 8.42 Å². The van der Waals surface area contributed by atoms with E-state index in [0.717, 1.165) is 12.8 Å². The first-order valence-corrected chi connectivity index (χ1v) is 9.39. The van der Waals surface area contributed by atoms with Crippen LogP contribution in [0.3, 0.4) is 0 Å². The van der Waals surface area contributed by atoms with Gasteiger partial charge in [0.1, 0.15) is 4.16 Å². The van der Waals surface area contributed by atoms with E-state index in [2.05, 4.69) is 21.2 Å². The zero-order chi connectivity index (χ0) is 13.0. The highest BCUT2D eigenvalue weighted by Crippen LogP contribution is 2.21. The molecule has 1 atom stereocenters. The maximum atomic E-state index is 12.2. The van der Waals surface area contributed by atoms with Gasteiger partial charge in [0, 0.05) is 25.7 Å². The molecule has 0 aromatic heterocycles. The number of alkyl halides is 1. The highest BCUT2D eigenvalue weighted by Gasteiger charge is 2.32. The van der Waals surface area contributed by atoms with Gasteiger partial charge in [-0.1, -0.05) is 35.2 Å². The fourth-order valence-electron chi connectivity index (χ4n) is 2.78. The Morgan fingerprint density at radius 3 is 2.33 bits per heavy atom. The first-order chi connectivity index (χ1) is 8.60. The Morgan fingerprint density at radius 2 is 1.72 bits per heavy atom. The summed E-state index contributed by atoms with van der Waals surface area (Å²) < 4.78 is 25.6. The molecule has 1 aliphatic carbocycles. The summed E-state index contributed by atoms with van der Waals surface area (Å²) in [6, 6.07) is 0.507. The molecule has 18 heavy (non-hydrogen) atoms. The van der Waals surface area contributed by atoms with Gasteiger partial charge in [-0.05, 0) is 25.7 Å². The van der Waals surface area contributed by atoms with E-state index in [4.69, 9.17) is 0 Å². The van der Waals surface area contributed by atoms with Crippen LogP contribution in [0.15, 0.2) is 0 Å². The molecule has 2 aliphatic rings. The summed E-state index contributed by atoms with van der Waals surface area (Å²) in [6.07, 6.45) is 8.21. The summed E-state index contributed by atoms with van der Waals surface area (Å²) in [5.41, 5.74) is 0. The SMILES string of the molecule is O=S(=O)(C(Br)CNC1CCCCC1)N1CCCC1. The maximum absolute atomic E-state index is 12.2. The Kier molecular flexibility index (Phi) is 5.47. The lowest BCUT2D eigenvalue weighted by molar-refractivity contribution is 0.377. The number of rotatable bonds is 5. The molecule has 1 N–H and O–H groups in total. The number of nitrogens with one attached hydrogen (secondary N) is 1. The zero-order valence-corrected chi connectivity index (χ0v) is 13.2. The molecule has 1 saturated carbocycles. The Hall–Kier alpha value is 0.350. The maximum Gasteiger partial charge on any atom is 0.228 e. The Balaban J connectivity index is 1.80. The van der Waals surface area contributed by atoms with E-state index >= 15 is 0 Å². The average Bonchev–Trinajstić information content (AvgIpc) is 2.91. The number of hydrogen-bond donors (Lipinski definition) is 1. The number of hydrogen-bond acceptors (Lipinski definition) is 3. The van der Waals surface area contributed by atoms with E-state index in [1.807, 2.05) is 0 Å². The molecular weight excluding hydrogens is 316 g/mol. The van der Waals surface area contributed by atoms with Crippen LogP contribution in [0, 0.1) is 0 Å². The molecule has 0 radical (unpaired) electrons. The summed E-state index contributed by atoms with van der Waals surface area (Å²) in [5, 5.41) is 3.40. The standard InChI is InChI=1S/C12H23BrN2O2S/c13-12(10-14-11-6-2-1-3-7-11)18(16,17)15-8-4-5-9-15/h11-12,14H,1-10H2. The van der Waals surface area contributed by atoms with Gasteiger partial charge in [0.15, 0.2) is 0 Å². The first-order valence-electron chi connectivity index (χ1n) is 6.97. The van der Waals surface area contributed by atoms with E-state index in [1.165, 1.54) is 32.1 Å². The van der Waals surface area contributed by atoms with Crippen molar-refractivity contribution in [1.29, 1.82) is 0 Å². The van der Waals surface area contributed by atoms with Crippen LogP contribution in [0.4, 0.5) is 0 Å². The van der Waals surface area contributed by atoms with Gasteiger partial charge in [-0.15, -0.1) is 0 Å². The minimum atomic E-state index is -3.15. The van der Waals surface area contributed by atoms with Crippen LogP contribution in [0.2, 0.25) is 0 Å². The van der Waals surface area contributed by atoms with Crippen molar-refractivity contribution in [3.63, 3.8) is 0 Å². The molecule has 2 rings (SSSR count). The molecule has 106 valence electrons. The lowest BCUT2D eigenvalue weighted by Gasteiger charge is -2.25. The second kappa shape index (κ2) is 6.68. The molecule has 0 aromatic carbocycles. The highest BCUT2D eigenvalue weighted by atomic mass is 79.9. The van der Waals surface area contributed by atoms with E-state index in [1.54, 1.807) is 4.31 Å². The van der Waals surface area contributed by atoms with Crippen LogP contribution < -0.4 is 5.32 Å². The van der Waals surface area contributed by atoms with Gasteiger partial charge >= 0.3 is 0 Å².